The summed E-state index contributed by atoms with van der Waals surface area (Å²) in [7, 11) is 1.41. The van der Waals surface area contributed by atoms with Gasteiger partial charge in [-0.05, 0) is 196 Å². The third-order valence-electron chi connectivity index (χ3n) is 19.2. The van der Waals surface area contributed by atoms with Gasteiger partial charge in [0.05, 0.1) is 45.0 Å². The highest BCUT2D eigenvalue weighted by Crippen LogP contribution is 2.59. The molecule has 0 aliphatic heterocycles. The first kappa shape index (κ1) is 58.5. The second kappa shape index (κ2) is 26.4. The Bertz CT molecular complexity index is 2350. The molecule has 3 spiro atoms. The zero-order valence-corrected chi connectivity index (χ0v) is 47.2. The van der Waals surface area contributed by atoms with Crippen LogP contribution in [-0.4, -0.2) is 49.1 Å². The van der Waals surface area contributed by atoms with Crippen LogP contribution in [0.4, 0.5) is 0 Å². The summed E-state index contributed by atoms with van der Waals surface area (Å²) in [5.41, 5.74) is 4.16. The van der Waals surface area contributed by atoms with E-state index in [-0.39, 0.29) is 30.6 Å². The zero-order chi connectivity index (χ0) is 53.5. The maximum atomic E-state index is 11.7. The average Bonchev–Trinajstić information content (AvgIpc) is 3.38. The molecule has 6 aliphatic carbocycles. The van der Waals surface area contributed by atoms with Gasteiger partial charge in [-0.25, -0.2) is 0 Å². The maximum absolute atomic E-state index is 11.7. The number of aliphatic hydroxyl groups excluding tert-OH is 1. The number of carbonyl (C=O) groups excluding carboxylic acids is 1. The summed E-state index contributed by atoms with van der Waals surface area (Å²) in [6.45, 7) is 20.0. The second-order valence-electron chi connectivity index (χ2n) is 25.0. The van der Waals surface area contributed by atoms with E-state index in [1.54, 1.807) is 13.8 Å². The van der Waals surface area contributed by atoms with Crippen molar-refractivity contribution >= 4 is 11.9 Å². The van der Waals surface area contributed by atoms with Crippen LogP contribution < -0.4 is 9.47 Å². The van der Waals surface area contributed by atoms with Gasteiger partial charge >= 0.3 is 11.9 Å². The number of hydrogen-bond acceptors (Lipinski definition) is 6. The lowest BCUT2D eigenvalue weighted by molar-refractivity contribution is -0.141. The summed E-state index contributed by atoms with van der Waals surface area (Å²) in [4.78, 5) is 22.7. The Morgan fingerprint density at radius 3 is 1.27 bits per heavy atom. The Kier molecular flexibility index (Phi) is 20.9. The number of methoxy groups -OCH3 is 1. The van der Waals surface area contributed by atoms with Gasteiger partial charge in [0, 0.05) is 6.61 Å². The van der Waals surface area contributed by atoms with Crippen LogP contribution in [0.25, 0.3) is 0 Å². The van der Waals surface area contributed by atoms with Gasteiger partial charge in [0.2, 0.25) is 0 Å². The first-order valence-corrected chi connectivity index (χ1v) is 28.6. The molecule has 3 saturated carbocycles. The number of allylic oxidation sites excluding steroid dienone is 6. The molecule has 2 aromatic carbocycles. The molecule has 0 amide bonds. The number of carboxylic acid groups (broad SMARTS) is 1. The van der Waals surface area contributed by atoms with E-state index in [0.29, 0.717) is 56.9 Å². The fraction of sp³-hybridized carbons (Fsp3) is 0.642. The summed E-state index contributed by atoms with van der Waals surface area (Å²) in [5, 5.41) is 18.5. The molecule has 404 valence electrons. The minimum absolute atomic E-state index is 0.0223. The summed E-state index contributed by atoms with van der Waals surface area (Å²) in [5.74, 6) is 13.8. The number of aliphatic carboxylic acids is 1. The van der Waals surface area contributed by atoms with E-state index in [1.807, 2.05) is 48.5 Å². The molecule has 6 aliphatic rings. The molecule has 74 heavy (non-hydrogen) atoms. The van der Waals surface area contributed by atoms with Gasteiger partial charge in [-0.2, -0.15) is 0 Å². The van der Waals surface area contributed by atoms with E-state index in [2.05, 4.69) is 102 Å². The standard InChI is InChI=1S/C27H36O3.C26H34O3.C14H24O/c1-5-9-23(18-25(28)29-4)22-11-13-24(14-12-22)30-20-21-10-8-17-27(19-21)16-7-6-15-26(27,2)3;1-4-8-22(17-24(27)28)21-10-12-23(13-11-21)29-19-20-9-7-16-26(18-20)15-6-5-14-25(26,2)3;1-13(2)7-3-4-8-14(13)9-5-6-12(10-14)11-15/h7,11-14,16,21,23H,6,8,10,15,17-20H2,1-4H3;6,10-13,15,20,22H,5,7,9,14,16-19H2,1-3H3,(H,27,28);4,8,12,15H,3,5-7,9-11H2,1-2H3/t21?,23-,27?;20?,22-,26?;/m00./s1. The molecule has 7 heteroatoms. The maximum Gasteiger partial charge on any atom is 0.307 e. The highest BCUT2D eigenvalue weighted by molar-refractivity contribution is 5.71. The fourth-order valence-electron chi connectivity index (χ4n) is 14.0. The Morgan fingerprint density at radius 1 is 0.568 bits per heavy atom. The van der Waals surface area contributed by atoms with Gasteiger partial charge < -0.3 is 24.4 Å². The van der Waals surface area contributed by atoms with Crippen molar-refractivity contribution in [1.29, 1.82) is 0 Å². The summed E-state index contributed by atoms with van der Waals surface area (Å²) in [6.07, 6.45) is 37.6. The fourth-order valence-corrected chi connectivity index (χ4v) is 14.0. The minimum atomic E-state index is -0.830. The highest BCUT2D eigenvalue weighted by atomic mass is 16.5. The van der Waals surface area contributed by atoms with E-state index in [1.165, 1.54) is 123 Å². The van der Waals surface area contributed by atoms with Gasteiger partial charge in [-0.15, -0.1) is 11.8 Å². The molecule has 8 rings (SSSR count). The number of rotatable bonds is 13. The predicted octanol–water partition coefficient (Wildman–Crippen LogP) is 16.0. The van der Waals surface area contributed by atoms with Gasteiger partial charge in [0.25, 0.3) is 0 Å². The molecule has 6 unspecified atom stereocenters. The molecule has 3 fully saturated rings. The van der Waals surface area contributed by atoms with Crippen LogP contribution in [0.3, 0.4) is 0 Å². The number of carboxylic acids is 1. The van der Waals surface area contributed by atoms with E-state index in [9.17, 15) is 14.7 Å². The van der Waals surface area contributed by atoms with E-state index < -0.39 is 5.97 Å². The lowest BCUT2D eigenvalue weighted by atomic mass is 9.53. The number of ether oxygens (including phenoxy) is 3. The molecule has 0 radical (unpaired) electrons. The van der Waals surface area contributed by atoms with Gasteiger partial charge in [0.15, 0.2) is 0 Å². The summed E-state index contributed by atoms with van der Waals surface area (Å²) in [6, 6.07) is 15.8. The molecular weight excluding hydrogens is 917 g/mol. The third kappa shape index (κ3) is 14.8. The largest absolute Gasteiger partial charge is 0.493 e. The van der Waals surface area contributed by atoms with E-state index in [0.717, 1.165) is 35.8 Å². The lowest BCUT2D eigenvalue weighted by Gasteiger charge is -2.51. The van der Waals surface area contributed by atoms with Crippen molar-refractivity contribution in [3.63, 3.8) is 0 Å². The van der Waals surface area contributed by atoms with Crippen molar-refractivity contribution in [2.24, 2.45) is 50.2 Å². The molecule has 2 aromatic rings. The molecule has 2 N–H and O–H groups in total. The number of aliphatic hydroxyl groups is 1. The molecule has 8 atom stereocenters. The van der Waals surface area contributed by atoms with Crippen molar-refractivity contribution in [2.45, 2.75) is 196 Å². The summed E-state index contributed by atoms with van der Waals surface area (Å²) >= 11 is 0. The molecule has 0 bridgehead atoms. The third-order valence-corrected chi connectivity index (χ3v) is 19.2. The quantitative estimate of drug-likeness (QED) is 0.117. The van der Waals surface area contributed by atoms with Crippen molar-refractivity contribution in [2.75, 3.05) is 26.9 Å². The first-order chi connectivity index (χ1) is 35.3. The SMILES string of the molecule is CC#C[C@@H](CC(=O)O)c1ccc(OCC2CCCC3(C=CCCC3(C)C)C2)cc1.CC#C[C@@H](CC(=O)OC)c1ccc(OCC2CCCC3(C=CCCC3(C)C)C2)cc1.CC1(C)CCC=CC12CCCC(CO)C2. The number of benzene rings is 2. The average molecular weight is 1010 g/mol. The van der Waals surface area contributed by atoms with Crippen molar-refractivity contribution < 1.29 is 34.0 Å². The molecule has 0 heterocycles. The Balaban J connectivity index is 0.000000190. The lowest BCUT2D eigenvalue weighted by Crippen LogP contribution is -2.42. The number of hydrogen-bond donors (Lipinski definition) is 2. The summed E-state index contributed by atoms with van der Waals surface area (Å²) < 4.78 is 17.1. The Labute approximate surface area is 448 Å². The Hall–Kier alpha value is -4.72. The Morgan fingerprint density at radius 2 is 0.932 bits per heavy atom. The van der Waals surface area contributed by atoms with Crippen LogP contribution in [0, 0.1) is 73.9 Å². The van der Waals surface area contributed by atoms with E-state index in [4.69, 9.17) is 19.3 Å². The first-order valence-electron chi connectivity index (χ1n) is 28.6. The second-order valence-corrected chi connectivity index (χ2v) is 25.0. The van der Waals surface area contributed by atoms with Gasteiger partial charge in [-0.3, -0.25) is 9.59 Å². The van der Waals surface area contributed by atoms with Crippen LogP contribution in [-0.2, 0) is 14.3 Å². The molecule has 0 saturated heterocycles. The molecule has 0 aromatic heterocycles. The van der Waals surface area contributed by atoms with Gasteiger partial charge in [0.1, 0.15) is 11.5 Å². The predicted molar refractivity (Wildman–Crippen MR) is 302 cm³/mol. The number of carbonyl (C=O) groups is 2. The van der Waals surface area contributed by atoms with Crippen LogP contribution in [0.2, 0.25) is 0 Å². The van der Waals surface area contributed by atoms with Gasteiger partial charge in [-0.1, -0.05) is 133 Å². The molecular formula is C67H94O7. The van der Waals surface area contributed by atoms with Crippen LogP contribution in [0.15, 0.2) is 85.0 Å². The van der Waals surface area contributed by atoms with Crippen molar-refractivity contribution in [3.05, 3.63) is 96.1 Å². The minimum Gasteiger partial charge on any atom is -0.493 e. The normalized spacial score (nSPS) is 28.8. The molecule has 7 nitrogen and oxygen atoms in total. The van der Waals surface area contributed by atoms with Crippen molar-refractivity contribution in [1.82, 2.24) is 0 Å². The smallest absolute Gasteiger partial charge is 0.307 e. The van der Waals surface area contributed by atoms with Crippen LogP contribution in [0.5, 0.6) is 11.5 Å². The van der Waals surface area contributed by atoms with Crippen molar-refractivity contribution in [3.8, 4) is 35.2 Å². The highest BCUT2D eigenvalue weighted by Gasteiger charge is 2.49. The van der Waals surface area contributed by atoms with Crippen LogP contribution >= 0.6 is 0 Å². The topological polar surface area (TPSA) is 102 Å². The number of esters is 1. The monoisotopic (exact) mass is 1010 g/mol. The zero-order valence-electron chi connectivity index (χ0n) is 47.2. The van der Waals surface area contributed by atoms with Crippen LogP contribution in [0.1, 0.15) is 207 Å². The van der Waals surface area contributed by atoms with E-state index >= 15 is 0 Å².